The van der Waals surface area contributed by atoms with Crippen molar-refractivity contribution in [3.8, 4) is 11.5 Å². The van der Waals surface area contributed by atoms with Gasteiger partial charge in [-0.3, -0.25) is 24.5 Å². The molecular weight excluding hydrogens is 410 g/mol. The second-order valence-electron chi connectivity index (χ2n) is 8.74. The van der Waals surface area contributed by atoms with E-state index in [0.29, 0.717) is 41.1 Å². The third kappa shape index (κ3) is 2.87. The molecule has 7 nitrogen and oxygen atoms in total. The Kier molecular flexibility index (Phi) is 4.65. The first kappa shape index (κ1) is 20.4. The van der Waals surface area contributed by atoms with Crippen LogP contribution in [0.2, 0.25) is 0 Å². The number of ketones is 2. The first-order valence-corrected chi connectivity index (χ1v) is 10.8. The fraction of sp³-hybridized carbons (Fsp3) is 0.360. The fourth-order valence-corrected chi connectivity index (χ4v) is 5.65. The molecule has 0 spiro atoms. The largest absolute Gasteiger partial charge is 0.504 e. The van der Waals surface area contributed by atoms with E-state index in [-0.39, 0.29) is 41.5 Å². The van der Waals surface area contributed by atoms with Gasteiger partial charge >= 0.3 is 0 Å². The molecule has 32 heavy (non-hydrogen) atoms. The number of amides is 2. The SMILES string of the molecule is CCOc1cc([C@H]2C3=CC[C@@H]4C(=O)NC(=O)[C@@H]4[C@@H]3CC3=C2C(=O)C=C(C)C3=O)ccc1O. The number of imide groups is 1. The van der Waals surface area contributed by atoms with Gasteiger partial charge in [0, 0.05) is 22.6 Å². The number of phenols is 1. The van der Waals surface area contributed by atoms with Crippen molar-refractivity contribution < 1.29 is 29.0 Å². The molecule has 2 amide bonds. The molecule has 0 unspecified atom stereocenters. The van der Waals surface area contributed by atoms with Crippen LogP contribution in [0.3, 0.4) is 0 Å². The average Bonchev–Trinajstić information content (AvgIpc) is 3.06. The van der Waals surface area contributed by atoms with E-state index in [9.17, 15) is 24.3 Å². The molecule has 1 heterocycles. The molecule has 7 heteroatoms. The Morgan fingerprint density at radius 1 is 1.12 bits per heavy atom. The zero-order valence-electron chi connectivity index (χ0n) is 17.8. The highest BCUT2D eigenvalue weighted by Crippen LogP contribution is 2.54. The lowest BCUT2D eigenvalue weighted by Crippen LogP contribution is -2.39. The van der Waals surface area contributed by atoms with Crippen LogP contribution in [0.1, 0.15) is 38.2 Å². The topological polar surface area (TPSA) is 110 Å². The quantitative estimate of drug-likeness (QED) is 0.431. The number of carbonyl (C=O) groups is 4. The molecule has 0 radical (unpaired) electrons. The number of rotatable bonds is 3. The van der Waals surface area contributed by atoms with Crippen molar-refractivity contribution in [1.82, 2.24) is 5.32 Å². The van der Waals surface area contributed by atoms with Gasteiger partial charge in [0.1, 0.15) is 0 Å². The van der Waals surface area contributed by atoms with E-state index in [1.807, 2.05) is 6.08 Å². The Balaban J connectivity index is 1.71. The molecule has 0 aromatic heterocycles. The van der Waals surface area contributed by atoms with Crippen LogP contribution in [-0.4, -0.2) is 35.1 Å². The summed E-state index contributed by atoms with van der Waals surface area (Å²) >= 11 is 0. The number of benzene rings is 1. The van der Waals surface area contributed by atoms with Crippen LogP contribution in [0.15, 0.2) is 52.6 Å². The number of allylic oxidation sites excluding steroid dienone is 6. The van der Waals surface area contributed by atoms with E-state index in [4.69, 9.17) is 4.74 Å². The van der Waals surface area contributed by atoms with Gasteiger partial charge in [0.25, 0.3) is 0 Å². The van der Waals surface area contributed by atoms with Gasteiger partial charge in [0.05, 0.1) is 18.4 Å². The number of Topliss-reactive ketones (excluding diaryl/α,β-unsaturated/α-hetero) is 1. The summed E-state index contributed by atoms with van der Waals surface area (Å²) in [5.41, 5.74) is 2.78. The summed E-state index contributed by atoms with van der Waals surface area (Å²) in [6.45, 7) is 3.78. The summed E-state index contributed by atoms with van der Waals surface area (Å²) in [5.74, 6) is -2.65. The lowest BCUT2D eigenvalue weighted by atomic mass is 9.59. The Labute approximate surface area is 184 Å². The number of aromatic hydroxyl groups is 1. The molecule has 2 N–H and O–H groups in total. The molecule has 3 aliphatic carbocycles. The second-order valence-corrected chi connectivity index (χ2v) is 8.74. The van der Waals surface area contributed by atoms with Crippen molar-refractivity contribution >= 4 is 23.4 Å². The predicted octanol–water partition coefficient (Wildman–Crippen LogP) is 2.51. The van der Waals surface area contributed by atoms with Crippen LogP contribution in [0.25, 0.3) is 0 Å². The number of phenolic OH excluding ortho intramolecular Hbond substituents is 1. The van der Waals surface area contributed by atoms with Gasteiger partial charge in [-0.1, -0.05) is 17.7 Å². The predicted molar refractivity (Wildman–Crippen MR) is 114 cm³/mol. The summed E-state index contributed by atoms with van der Waals surface area (Å²) in [7, 11) is 0. The van der Waals surface area contributed by atoms with E-state index in [1.54, 1.807) is 26.0 Å². The minimum Gasteiger partial charge on any atom is -0.504 e. The minimum atomic E-state index is -0.559. The fourth-order valence-electron chi connectivity index (χ4n) is 5.65. The van der Waals surface area contributed by atoms with Crippen LogP contribution in [0, 0.1) is 17.8 Å². The normalized spacial score (nSPS) is 29.1. The van der Waals surface area contributed by atoms with E-state index >= 15 is 0 Å². The van der Waals surface area contributed by atoms with Crippen molar-refractivity contribution in [3.63, 3.8) is 0 Å². The number of carbonyl (C=O) groups excluding carboxylic acids is 4. The highest BCUT2D eigenvalue weighted by Gasteiger charge is 2.53. The van der Waals surface area contributed by atoms with Gasteiger partial charge in [0.2, 0.25) is 11.8 Å². The number of ether oxygens (including phenoxy) is 1. The summed E-state index contributed by atoms with van der Waals surface area (Å²) in [5, 5.41) is 12.6. The van der Waals surface area contributed by atoms with Gasteiger partial charge in [-0.25, -0.2) is 0 Å². The molecule has 4 atom stereocenters. The lowest BCUT2D eigenvalue weighted by Gasteiger charge is -2.42. The maximum Gasteiger partial charge on any atom is 0.231 e. The maximum atomic E-state index is 13.1. The van der Waals surface area contributed by atoms with Crippen LogP contribution in [0.4, 0.5) is 0 Å². The van der Waals surface area contributed by atoms with Gasteiger partial charge < -0.3 is 9.84 Å². The Morgan fingerprint density at radius 2 is 1.91 bits per heavy atom. The first-order chi connectivity index (χ1) is 15.3. The molecule has 1 aromatic rings. The highest BCUT2D eigenvalue weighted by atomic mass is 16.5. The minimum absolute atomic E-state index is 0.0163. The Bertz CT molecular complexity index is 1190. The van der Waals surface area contributed by atoms with E-state index in [0.717, 1.165) is 5.57 Å². The Morgan fingerprint density at radius 3 is 2.66 bits per heavy atom. The van der Waals surface area contributed by atoms with Gasteiger partial charge in [0.15, 0.2) is 23.1 Å². The second kappa shape index (κ2) is 7.29. The molecule has 5 rings (SSSR count). The lowest BCUT2D eigenvalue weighted by molar-refractivity contribution is -0.126. The molecular formula is C25H23NO6. The van der Waals surface area contributed by atoms with Crippen molar-refractivity contribution in [2.24, 2.45) is 17.8 Å². The summed E-state index contributed by atoms with van der Waals surface area (Å²) < 4.78 is 5.55. The van der Waals surface area contributed by atoms with Gasteiger partial charge in [-0.2, -0.15) is 0 Å². The molecule has 0 saturated carbocycles. The molecule has 1 aliphatic heterocycles. The van der Waals surface area contributed by atoms with Crippen molar-refractivity contribution in [2.45, 2.75) is 32.6 Å². The zero-order chi connectivity index (χ0) is 22.7. The Hall–Kier alpha value is -3.48. The van der Waals surface area contributed by atoms with Crippen molar-refractivity contribution in [1.29, 1.82) is 0 Å². The number of fused-ring (bicyclic) bond motifs is 3. The number of nitrogens with one attached hydrogen (secondary N) is 1. The van der Waals surface area contributed by atoms with E-state index in [1.165, 1.54) is 12.1 Å². The maximum absolute atomic E-state index is 13.1. The monoisotopic (exact) mass is 433 g/mol. The molecule has 1 aromatic carbocycles. The smallest absolute Gasteiger partial charge is 0.231 e. The van der Waals surface area contributed by atoms with Crippen LogP contribution >= 0.6 is 0 Å². The summed E-state index contributed by atoms with van der Waals surface area (Å²) in [6.07, 6.45) is 3.98. The standard InChI is InChI=1S/C25H23NO6/c1-3-32-19-9-12(4-7-17(19)27)20-13-5-6-14-21(25(31)26-24(14)30)15(13)10-16-22(20)18(28)8-11(2)23(16)29/h4-5,7-9,14-15,20-21,27H,3,6,10H2,1-2H3,(H,26,30,31)/t14-,15+,20-,21-/m0/s1. The van der Waals surface area contributed by atoms with E-state index in [2.05, 4.69) is 5.32 Å². The molecule has 164 valence electrons. The highest BCUT2D eigenvalue weighted by molar-refractivity contribution is 6.23. The first-order valence-electron chi connectivity index (χ1n) is 10.8. The summed E-state index contributed by atoms with van der Waals surface area (Å²) in [6, 6.07) is 4.91. The van der Waals surface area contributed by atoms with Crippen LogP contribution in [0.5, 0.6) is 11.5 Å². The third-order valence-corrected chi connectivity index (χ3v) is 7.02. The molecule has 0 bridgehead atoms. The average molecular weight is 433 g/mol. The van der Waals surface area contributed by atoms with Crippen molar-refractivity contribution in [2.75, 3.05) is 6.61 Å². The molecule has 4 aliphatic rings. The van der Waals surface area contributed by atoms with Gasteiger partial charge in [-0.15, -0.1) is 0 Å². The van der Waals surface area contributed by atoms with Crippen LogP contribution in [-0.2, 0) is 19.2 Å². The van der Waals surface area contributed by atoms with E-state index < -0.39 is 17.8 Å². The van der Waals surface area contributed by atoms with Crippen molar-refractivity contribution in [3.05, 3.63) is 58.2 Å². The zero-order valence-corrected chi connectivity index (χ0v) is 17.8. The number of hydrogen-bond acceptors (Lipinski definition) is 6. The van der Waals surface area contributed by atoms with Gasteiger partial charge in [-0.05, 0) is 56.4 Å². The third-order valence-electron chi connectivity index (χ3n) is 7.02. The van der Waals surface area contributed by atoms with Crippen LogP contribution < -0.4 is 10.1 Å². The summed E-state index contributed by atoms with van der Waals surface area (Å²) in [4.78, 5) is 51.2. The molecule has 1 fully saturated rings. The molecule has 1 saturated heterocycles. The number of hydrogen-bond donors (Lipinski definition) is 2.